The van der Waals surface area contributed by atoms with E-state index < -0.39 is 6.10 Å². The standard InChI is InChI=1S/C15H25N3O3/c1-5-6-9-18-14(20)8-7-13(16-18)15(21)17(11(2)3)10-12(4)19/h7-8,11-12,19H,5-6,9-10H2,1-4H3. The molecule has 6 nitrogen and oxygen atoms in total. The third-order valence-electron chi connectivity index (χ3n) is 3.15. The zero-order valence-electron chi connectivity index (χ0n) is 13.2. The van der Waals surface area contributed by atoms with Crippen LogP contribution in [0.4, 0.5) is 0 Å². The van der Waals surface area contributed by atoms with Crippen LogP contribution < -0.4 is 5.56 Å². The van der Waals surface area contributed by atoms with Gasteiger partial charge >= 0.3 is 0 Å². The van der Waals surface area contributed by atoms with Gasteiger partial charge in [0.15, 0.2) is 0 Å². The smallest absolute Gasteiger partial charge is 0.274 e. The highest BCUT2D eigenvalue weighted by Crippen LogP contribution is 2.07. The fourth-order valence-corrected chi connectivity index (χ4v) is 1.99. The van der Waals surface area contributed by atoms with E-state index >= 15 is 0 Å². The molecule has 1 aromatic rings. The molecule has 0 aliphatic carbocycles. The highest BCUT2D eigenvalue weighted by molar-refractivity contribution is 5.92. The maximum Gasteiger partial charge on any atom is 0.274 e. The Morgan fingerprint density at radius 1 is 1.38 bits per heavy atom. The number of amides is 1. The summed E-state index contributed by atoms with van der Waals surface area (Å²) >= 11 is 0. The molecule has 1 aromatic heterocycles. The number of unbranched alkanes of at least 4 members (excludes halogenated alkanes) is 1. The minimum atomic E-state index is -0.609. The van der Waals surface area contributed by atoms with Crippen LogP contribution in [-0.4, -0.2) is 44.4 Å². The monoisotopic (exact) mass is 295 g/mol. The fraction of sp³-hybridized carbons (Fsp3) is 0.667. The number of aromatic nitrogens is 2. The molecule has 0 radical (unpaired) electrons. The molecule has 0 saturated heterocycles. The van der Waals surface area contributed by atoms with E-state index in [-0.39, 0.29) is 29.7 Å². The van der Waals surface area contributed by atoms with E-state index in [9.17, 15) is 14.7 Å². The molecule has 0 aliphatic heterocycles. The highest BCUT2D eigenvalue weighted by Gasteiger charge is 2.22. The number of carbonyl (C=O) groups is 1. The summed E-state index contributed by atoms with van der Waals surface area (Å²) in [6.07, 6.45) is 1.18. The third kappa shape index (κ3) is 4.97. The van der Waals surface area contributed by atoms with Crippen molar-refractivity contribution < 1.29 is 9.90 Å². The number of aliphatic hydroxyl groups excluding tert-OH is 1. The lowest BCUT2D eigenvalue weighted by Crippen LogP contribution is -2.42. The number of carbonyl (C=O) groups excluding carboxylic acids is 1. The highest BCUT2D eigenvalue weighted by atomic mass is 16.3. The van der Waals surface area contributed by atoms with E-state index in [0.717, 1.165) is 12.8 Å². The molecule has 6 heteroatoms. The second-order valence-electron chi connectivity index (χ2n) is 5.53. The van der Waals surface area contributed by atoms with Crippen molar-refractivity contribution in [3.8, 4) is 0 Å². The van der Waals surface area contributed by atoms with Crippen LogP contribution in [0, 0.1) is 0 Å². The summed E-state index contributed by atoms with van der Waals surface area (Å²) in [4.78, 5) is 25.8. The van der Waals surface area contributed by atoms with Crippen LogP contribution in [-0.2, 0) is 6.54 Å². The van der Waals surface area contributed by atoms with Crippen molar-refractivity contribution in [2.75, 3.05) is 6.54 Å². The summed E-state index contributed by atoms with van der Waals surface area (Å²) in [6.45, 7) is 8.18. The lowest BCUT2D eigenvalue weighted by Gasteiger charge is -2.27. The molecule has 1 unspecified atom stereocenters. The number of hydrogen-bond donors (Lipinski definition) is 1. The molecular formula is C15H25N3O3. The van der Waals surface area contributed by atoms with Gasteiger partial charge in [-0.1, -0.05) is 13.3 Å². The summed E-state index contributed by atoms with van der Waals surface area (Å²) in [5, 5.41) is 13.7. The Morgan fingerprint density at radius 3 is 2.57 bits per heavy atom. The number of aryl methyl sites for hydroxylation is 1. The van der Waals surface area contributed by atoms with Gasteiger partial charge in [0.05, 0.1) is 6.10 Å². The Balaban J connectivity index is 3.02. The van der Waals surface area contributed by atoms with Crippen molar-refractivity contribution in [3.05, 3.63) is 28.2 Å². The summed E-state index contributed by atoms with van der Waals surface area (Å²) in [7, 11) is 0. The van der Waals surface area contributed by atoms with E-state index in [0.29, 0.717) is 6.54 Å². The Bertz CT molecular complexity index is 523. The maximum absolute atomic E-state index is 12.5. The van der Waals surface area contributed by atoms with Crippen molar-refractivity contribution in [2.24, 2.45) is 0 Å². The number of aliphatic hydroxyl groups is 1. The maximum atomic E-state index is 12.5. The minimum absolute atomic E-state index is 0.0510. The quantitative estimate of drug-likeness (QED) is 0.822. The first-order valence-corrected chi connectivity index (χ1v) is 7.44. The second kappa shape index (κ2) is 7.93. The van der Waals surface area contributed by atoms with Crippen LogP contribution in [0.2, 0.25) is 0 Å². The van der Waals surface area contributed by atoms with Crippen LogP contribution in [0.25, 0.3) is 0 Å². The lowest BCUT2D eigenvalue weighted by atomic mass is 10.2. The number of nitrogens with zero attached hydrogens (tertiary/aromatic N) is 3. The topological polar surface area (TPSA) is 75.4 Å². The molecule has 1 atom stereocenters. The molecule has 1 heterocycles. The average Bonchev–Trinajstić information content (AvgIpc) is 2.42. The third-order valence-corrected chi connectivity index (χ3v) is 3.15. The largest absolute Gasteiger partial charge is 0.392 e. The SMILES string of the molecule is CCCCn1nc(C(=O)N(CC(C)O)C(C)C)ccc1=O. The van der Waals surface area contributed by atoms with Crippen molar-refractivity contribution in [1.29, 1.82) is 0 Å². The molecule has 0 bridgehead atoms. The van der Waals surface area contributed by atoms with Gasteiger partial charge in [-0.25, -0.2) is 4.68 Å². The summed E-state index contributed by atoms with van der Waals surface area (Å²) in [6, 6.07) is 2.77. The Morgan fingerprint density at radius 2 is 2.05 bits per heavy atom. The molecule has 0 fully saturated rings. The number of hydrogen-bond acceptors (Lipinski definition) is 4. The molecule has 21 heavy (non-hydrogen) atoms. The van der Waals surface area contributed by atoms with Crippen molar-refractivity contribution in [3.63, 3.8) is 0 Å². The van der Waals surface area contributed by atoms with Gasteiger partial charge in [0.25, 0.3) is 11.5 Å². The van der Waals surface area contributed by atoms with Crippen molar-refractivity contribution >= 4 is 5.91 Å². The van der Waals surface area contributed by atoms with E-state index in [2.05, 4.69) is 5.10 Å². The lowest BCUT2D eigenvalue weighted by molar-refractivity contribution is 0.0570. The molecule has 1 amide bonds. The molecule has 1 rings (SSSR count). The van der Waals surface area contributed by atoms with Gasteiger partial charge < -0.3 is 10.0 Å². The summed E-state index contributed by atoms with van der Waals surface area (Å²) in [5.74, 6) is -0.267. The summed E-state index contributed by atoms with van der Waals surface area (Å²) < 4.78 is 1.33. The van der Waals surface area contributed by atoms with E-state index in [1.54, 1.807) is 11.8 Å². The molecule has 1 N–H and O–H groups in total. The molecule has 0 aromatic carbocycles. The minimum Gasteiger partial charge on any atom is -0.392 e. The zero-order valence-corrected chi connectivity index (χ0v) is 13.2. The van der Waals surface area contributed by atoms with Gasteiger partial charge in [-0.3, -0.25) is 9.59 Å². The Kier molecular flexibility index (Phi) is 6.55. The van der Waals surface area contributed by atoms with Crippen LogP contribution in [0.3, 0.4) is 0 Å². The predicted molar refractivity (Wildman–Crippen MR) is 81.3 cm³/mol. The normalized spacial score (nSPS) is 12.5. The van der Waals surface area contributed by atoms with Crippen LogP contribution in [0.15, 0.2) is 16.9 Å². The van der Waals surface area contributed by atoms with E-state index in [1.807, 2.05) is 20.8 Å². The van der Waals surface area contributed by atoms with Gasteiger partial charge in [-0.15, -0.1) is 0 Å². The van der Waals surface area contributed by atoms with Crippen LogP contribution in [0.1, 0.15) is 51.0 Å². The van der Waals surface area contributed by atoms with Gasteiger partial charge in [0, 0.05) is 25.2 Å². The first-order valence-electron chi connectivity index (χ1n) is 7.44. The van der Waals surface area contributed by atoms with Gasteiger partial charge in [0.1, 0.15) is 5.69 Å². The molecule has 0 saturated carbocycles. The van der Waals surface area contributed by atoms with Crippen molar-refractivity contribution in [2.45, 2.75) is 59.2 Å². The van der Waals surface area contributed by atoms with Gasteiger partial charge in [-0.05, 0) is 33.3 Å². The van der Waals surface area contributed by atoms with Crippen LogP contribution in [0.5, 0.6) is 0 Å². The number of rotatable bonds is 7. The predicted octanol–water partition coefficient (Wildman–Crippen LogP) is 1.27. The Hall–Kier alpha value is -1.69. The summed E-state index contributed by atoms with van der Waals surface area (Å²) in [5.41, 5.74) is 0.0340. The average molecular weight is 295 g/mol. The van der Waals surface area contributed by atoms with E-state index in [4.69, 9.17) is 0 Å². The van der Waals surface area contributed by atoms with Gasteiger partial charge in [-0.2, -0.15) is 5.10 Å². The first kappa shape index (κ1) is 17.4. The molecular weight excluding hydrogens is 270 g/mol. The van der Waals surface area contributed by atoms with Gasteiger partial charge in [0.2, 0.25) is 0 Å². The second-order valence-corrected chi connectivity index (χ2v) is 5.53. The van der Waals surface area contributed by atoms with Crippen LogP contribution >= 0.6 is 0 Å². The first-order chi connectivity index (χ1) is 9.86. The fourth-order valence-electron chi connectivity index (χ4n) is 1.99. The van der Waals surface area contributed by atoms with E-state index in [1.165, 1.54) is 16.8 Å². The zero-order chi connectivity index (χ0) is 16.0. The van der Waals surface area contributed by atoms with Crippen molar-refractivity contribution in [1.82, 2.24) is 14.7 Å². The Labute approximate surface area is 125 Å². The molecule has 118 valence electrons. The molecule has 0 spiro atoms. The molecule has 0 aliphatic rings.